The number of aromatic nitrogens is 1. The number of hydrogen-bond acceptors (Lipinski definition) is 12. The van der Waals surface area contributed by atoms with Crippen LogP contribution in [0.4, 0.5) is 32.3 Å². The molecule has 7 N–H and O–H groups in total. The molecule has 18 nitrogen and oxygen atoms in total. The molecular weight excluding hydrogens is 847 g/mol. The Morgan fingerprint density at radius 1 is 0.924 bits per heavy atom. The standard InChI is InChI=1S/C48H55N9O9/c1-30(2)45(55-42(60)13-5-4-8-23-57-43(61)20-21-44(57)62)41(59)24-32(10-9-22-51-47(50)64)46(63)53-34-17-14-31(15-18-34)29-66-48(65)54-39-26-36(19-16-33(39)28-58)56(3)40-25-35(27-49)52-38-12-7-6-11-37(38)40/h6-7,11-12,14-21,25-26,30,32,45,58H,4-5,8-10,13,22-24,28-29H2,1-3H3,(H,53,63)(H,54,65)(H,55,60)(H3,50,51,64)/t32-,45+/m1/s1. The first-order chi connectivity index (χ1) is 31.7. The molecule has 0 saturated carbocycles. The molecule has 0 aliphatic carbocycles. The molecule has 3 aromatic carbocycles. The van der Waals surface area contributed by atoms with E-state index in [1.54, 1.807) is 62.4 Å². The molecule has 1 aliphatic rings. The first-order valence-electron chi connectivity index (χ1n) is 21.7. The molecule has 0 bridgehead atoms. The number of nitriles is 1. The number of Topliss-reactive ketones (excluding diaryl/α,β-unsaturated/α-hetero) is 1. The maximum atomic E-state index is 13.7. The van der Waals surface area contributed by atoms with Crippen molar-refractivity contribution in [3.8, 4) is 6.07 Å². The first kappa shape index (κ1) is 49.4. The Balaban J connectivity index is 1.15. The quantitative estimate of drug-likeness (QED) is 0.0387. The van der Waals surface area contributed by atoms with Gasteiger partial charge in [-0.2, -0.15) is 5.26 Å². The van der Waals surface area contributed by atoms with Gasteiger partial charge in [0.2, 0.25) is 11.8 Å². The van der Waals surface area contributed by atoms with Gasteiger partial charge in [0.05, 0.1) is 29.5 Å². The van der Waals surface area contributed by atoms with Gasteiger partial charge in [0.1, 0.15) is 18.4 Å². The Morgan fingerprint density at radius 2 is 1.65 bits per heavy atom. The van der Waals surface area contributed by atoms with Crippen LogP contribution >= 0.6 is 0 Å². The molecule has 0 unspecified atom stereocenters. The van der Waals surface area contributed by atoms with Gasteiger partial charge < -0.3 is 36.4 Å². The van der Waals surface area contributed by atoms with Crippen LogP contribution in [0.25, 0.3) is 10.9 Å². The lowest BCUT2D eigenvalue weighted by atomic mass is 9.89. The van der Waals surface area contributed by atoms with Crippen molar-refractivity contribution in [1.82, 2.24) is 20.5 Å². The smallest absolute Gasteiger partial charge is 0.411 e. The zero-order chi connectivity index (χ0) is 47.8. The summed E-state index contributed by atoms with van der Waals surface area (Å²) in [6.45, 7) is 3.56. The molecule has 1 aliphatic heterocycles. The van der Waals surface area contributed by atoms with Gasteiger partial charge in [0, 0.05) is 73.4 Å². The van der Waals surface area contributed by atoms with Gasteiger partial charge in [-0.05, 0) is 73.6 Å². The summed E-state index contributed by atoms with van der Waals surface area (Å²) in [4.78, 5) is 95.4. The number of nitrogens with zero attached hydrogens (tertiary/aromatic N) is 4. The SMILES string of the molecule is CC(C)[C@H](NC(=O)CCCCCN1C(=O)C=CC1=O)C(=O)C[C@@H](CCCNC(N)=O)C(=O)Nc1ccc(COC(=O)Nc2cc(N(C)c3cc(C#N)nc4ccccc34)ccc2CO)cc1. The van der Waals surface area contributed by atoms with Crippen LogP contribution in [0.1, 0.15) is 75.6 Å². The number of ether oxygens (including phenoxy) is 1. The van der Waals surface area contributed by atoms with E-state index in [0.29, 0.717) is 59.4 Å². The van der Waals surface area contributed by atoms with E-state index in [-0.39, 0.29) is 80.7 Å². The Labute approximate surface area is 382 Å². The van der Waals surface area contributed by atoms with Gasteiger partial charge in [-0.3, -0.25) is 34.2 Å². The number of anilines is 4. The lowest BCUT2D eigenvalue weighted by Crippen LogP contribution is -2.45. The summed E-state index contributed by atoms with van der Waals surface area (Å²) in [5, 5.41) is 31.3. The number of nitrogens with two attached hydrogens (primary N) is 1. The molecule has 2 atom stereocenters. The number of pyridine rings is 1. The normalized spacial score (nSPS) is 12.9. The summed E-state index contributed by atoms with van der Waals surface area (Å²) in [7, 11) is 1.82. The van der Waals surface area contributed by atoms with Gasteiger partial charge in [0.15, 0.2) is 5.78 Å². The number of carbonyl (C=O) groups excluding carboxylic acids is 7. The van der Waals surface area contributed by atoms with E-state index in [1.165, 1.54) is 12.2 Å². The van der Waals surface area contributed by atoms with Crippen LogP contribution < -0.4 is 31.9 Å². The van der Waals surface area contributed by atoms with Crippen LogP contribution in [0.2, 0.25) is 0 Å². The van der Waals surface area contributed by atoms with E-state index < -0.39 is 30.0 Å². The number of aliphatic hydroxyl groups excluding tert-OH is 1. The lowest BCUT2D eigenvalue weighted by Gasteiger charge is -2.24. The summed E-state index contributed by atoms with van der Waals surface area (Å²) < 4.78 is 5.50. The molecule has 0 radical (unpaired) electrons. The van der Waals surface area contributed by atoms with E-state index in [4.69, 9.17) is 10.5 Å². The minimum Gasteiger partial charge on any atom is -0.444 e. The second kappa shape index (κ2) is 23.9. The Hall–Kier alpha value is -7.65. The lowest BCUT2D eigenvalue weighted by molar-refractivity contribution is -0.137. The largest absolute Gasteiger partial charge is 0.444 e. The van der Waals surface area contributed by atoms with Crippen molar-refractivity contribution < 1.29 is 43.4 Å². The third-order valence-corrected chi connectivity index (χ3v) is 11.0. The number of para-hydroxylation sites is 1. The summed E-state index contributed by atoms with van der Waals surface area (Å²) in [5.74, 6) is -2.90. The molecule has 2 heterocycles. The average Bonchev–Trinajstić information content (AvgIpc) is 3.62. The maximum Gasteiger partial charge on any atom is 0.411 e. The number of carbonyl (C=O) groups is 7. The molecular formula is C48H55N9O9. The monoisotopic (exact) mass is 901 g/mol. The molecule has 18 heteroatoms. The number of aliphatic hydroxyl groups is 1. The Kier molecular flexibility index (Phi) is 17.9. The van der Waals surface area contributed by atoms with Crippen LogP contribution in [-0.2, 0) is 41.9 Å². The molecule has 0 saturated heterocycles. The summed E-state index contributed by atoms with van der Waals surface area (Å²) in [5.41, 5.74) is 9.28. The topological polar surface area (TPSA) is 266 Å². The molecule has 7 amide bonds. The van der Waals surface area contributed by atoms with E-state index in [2.05, 4.69) is 32.3 Å². The highest BCUT2D eigenvalue weighted by Crippen LogP contribution is 2.33. The fraction of sp³-hybridized carbons (Fsp3) is 0.354. The molecule has 1 aromatic heterocycles. The highest BCUT2D eigenvalue weighted by Gasteiger charge is 2.30. The van der Waals surface area contributed by atoms with E-state index in [9.17, 15) is 43.9 Å². The number of unbranched alkanes of at least 4 members (excludes halogenated alkanes) is 2. The number of benzene rings is 3. The van der Waals surface area contributed by atoms with Crippen molar-refractivity contribution in [2.24, 2.45) is 17.6 Å². The van der Waals surface area contributed by atoms with Crippen LogP contribution in [0.5, 0.6) is 0 Å². The van der Waals surface area contributed by atoms with Gasteiger partial charge >= 0.3 is 12.1 Å². The molecule has 4 aromatic rings. The maximum absolute atomic E-state index is 13.7. The number of hydrogen-bond donors (Lipinski definition) is 6. The van der Waals surface area contributed by atoms with E-state index in [1.807, 2.05) is 36.2 Å². The van der Waals surface area contributed by atoms with E-state index in [0.717, 1.165) is 16.0 Å². The predicted molar refractivity (Wildman–Crippen MR) is 247 cm³/mol. The molecule has 346 valence electrons. The third-order valence-electron chi connectivity index (χ3n) is 11.0. The average molecular weight is 902 g/mol. The van der Waals surface area contributed by atoms with Crippen molar-refractivity contribution in [3.63, 3.8) is 0 Å². The molecule has 0 spiro atoms. The van der Waals surface area contributed by atoms with Gasteiger partial charge in [-0.25, -0.2) is 14.6 Å². The number of nitrogens with one attached hydrogen (secondary N) is 4. The fourth-order valence-corrected chi connectivity index (χ4v) is 7.39. The number of imide groups is 1. The first-order valence-corrected chi connectivity index (χ1v) is 21.7. The highest BCUT2D eigenvalue weighted by atomic mass is 16.5. The second-order valence-corrected chi connectivity index (χ2v) is 16.2. The third kappa shape index (κ3) is 13.9. The molecule has 0 fully saturated rings. The van der Waals surface area contributed by atoms with Gasteiger partial charge in [0.25, 0.3) is 11.8 Å². The minimum absolute atomic E-state index is 0.126. The minimum atomic E-state index is -0.856. The summed E-state index contributed by atoms with van der Waals surface area (Å²) >= 11 is 0. The number of fused-ring (bicyclic) bond motifs is 1. The van der Waals surface area contributed by atoms with Gasteiger partial charge in [-0.15, -0.1) is 0 Å². The predicted octanol–water partition coefficient (Wildman–Crippen LogP) is 5.70. The Morgan fingerprint density at radius 3 is 2.33 bits per heavy atom. The van der Waals surface area contributed by atoms with Crippen molar-refractivity contribution in [2.45, 2.75) is 78.0 Å². The van der Waals surface area contributed by atoms with Crippen LogP contribution in [0, 0.1) is 23.2 Å². The van der Waals surface area contributed by atoms with Crippen molar-refractivity contribution >= 4 is 75.2 Å². The number of primary amides is 1. The second-order valence-electron chi connectivity index (χ2n) is 16.2. The summed E-state index contributed by atoms with van der Waals surface area (Å²) in [6.07, 6.45) is 3.83. The van der Waals surface area contributed by atoms with Crippen molar-refractivity contribution in [2.75, 3.05) is 35.7 Å². The number of amides is 7. The summed E-state index contributed by atoms with van der Waals surface area (Å²) in [6, 6.07) is 21.4. The van der Waals surface area contributed by atoms with Crippen molar-refractivity contribution in [3.05, 3.63) is 102 Å². The molecule has 66 heavy (non-hydrogen) atoms. The molecule has 5 rings (SSSR count). The van der Waals surface area contributed by atoms with Crippen molar-refractivity contribution in [1.29, 1.82) is 5.26 Å². The zero-order valence-electron chi connectivity index (χ0n) is 37.2. The Bertz CT molecular complexity index is 2480. The van der Waals surface area contributed by atoms with Crippen LogP contribution in [0.3, 0.4) is 0 Å². The van der Waals surface area contributed by atoms with Crippen LogP contribution in [-0.4, -0.2) is 82.7 Å². The zero-order valence-corrected chi connectivity index (χ0v) is 37.2. The van der Waals surface area contributed by atoms with Gasteiger partial charge in [-0.1, -0.05) is 56.7 Å². The van der Waals surface area contributed by atoms with Crippen LogP contribution in [0.15, 0.2) is 84.9 Å². The number of rotatable bonds is 23. The van der Waals surface area contributed by atoms with E-state index >= 15 is 0 Å². The fourth-order valence-electron chi connectivity index (χ4n) is 7.39. The number of urea groups is 1. The highest BCUT2D eigenvalue weighted by molar-refractivity contribution is 6.12. The number of ketones is 1.